The van der Waals surface area contributed by atoms with Crippen LogP contribution >= 0.6 is 0 Å². The van der Waals surface area contributed by atoms with Gasteiger partial charge >= 0.3 is 6.09 Å². The molecule has 1 aromatic heterocycles. The molecule has 0 radical (unpaired) electrons. The number of carbonyl (C=O) groups is 1. The van der Waals surface area contributed by atoms with E-state index in [1.807, 2.05) is 33.0 Å². The highest BCUT2D eigenvalue weighted by molar-refractivity contribution is 5.81. The van der Waals surface area contributed by atoms with Crippen molar-refractivity contribution in [2.75, 3.05) is 13.1 Å². The molecule has 0 unspecified atom stereocenters. The molecule has 1 heterocycles. The Morgan fingerprint density at radius 3 is 2.77 bits per heavy atom. The highest BCUT2D eigenvalue weighted by atomic mass is 16.6. The average molecular weight is 301 g/mol. The Balaban J connectivity index is 1.71. The molecule has 0 aliphatic rings. The van der Waals surface area contributed by atoms with E-state index in [-0.39, 0.29) is 6.09 Å². The third-order valence-electron chi connectivity index (χ3n) is 3.00. The molecule has 5 heteroatoms. The van der Waals surface area contributed by atoms with Crippen molar-refractivity contribution in [1.29, 1.82) is 0 Å². The van der Waals surface area contributed by atoms with Crippen LogP contribution in [-0.4, -0.2) is 29.8 Å². The molecule has 0 spiro atoms. The van der Waals surface area contributed by atoms with Crippen LogP contribution in [0.4, 0.5) is 4.79 Å². The minimum Gasteiger partial charge on any atom is -0.444 e. The summed E-state index contributed by atoms with van der Waals surface area (Å²) in [6, 6.07) is 8.30. The lowest BCUT2D eigenvalue weighted by atomic mass is 10.1. The number of ether oxygens (including phenoxy) is 1. The van der Waals surface area contributed by atoms with Gasteiger partial charge in [0, 0.05) is 37.4 Å². The number of aromatic nitrogens is 1. The van der Waals surface area contributed by atoms with Crippen LogP contribution in [0.5, 0.6) is 0 Å². The van der Waals surface area contributed by atoms with E-state index < -0.39 is 5.60 Å². The maximum Gasteiger partial charge on any atom is 0.407 e. The SMILES string of the molecule is CC(C)(C)OC(=O)NCCNCc1ccc2cnccc2c1. The van der Waals surface area contributed by atoms with Gasteiger partial charge in [0.1, 0.15) is 5.60 Å². The Labute approximate surface area is 131 Å². The molecule has 0 saturated heterocycles. The summed E-state index contributed by atoms with van der Waals surface area (Å²) in [7, 11) is 0. The van der Waals surface area contributed by atoms with Crippen molar-refractivity contribution in [2.24, 2.45) is 0 Å². The van der Waals surface area contributed by atoms with Gasteiger partial charge in [-0.15, -0.1) is 0 Å². The minimum atomic E-state index is -0.461. The lowest BCUT2D eigenvalue weighted by Gasteiger charge is -2.19. The van der Waals surface area contributed by atoms with Crippen molar-refractivity contribution in [2.45, 2.75) is 32.9 Å². The summed E-state index contributed by atoms with van der Waals surface area (Å²) < 4.78 is 5.17. The van der Waals surface area contributed by atoms with Crippen LogP contribution in [0.15, 0.2) is 36.7 Å². The van der Waals surface area contributed by atoms with Crippen LogP contribution in [0.3, 0.4) is 0 Å². The topological polar surface area (TPSA) is 63.2 Å². The maximum atomic E-state index is 11.5. The summed E-state index contributed by atoms with van der Waals surface area (Å²) in [5.41, 5.74) is 0.744. The standard InChI is InChI=1S/C17H23N3O2/c1-17(2,3)22-16(21)20-9-8-19-11-13-4-5-15-12-18-7-6-14(15)10-13/h4-7,10,12,19H,8-9,11H2,1-3H3,(H,20,21). The van der Waals surface area contributed by atoms with Crippen LogP contribution < -0.4 is 10.6 Å². The summed E-state index contributed by atoms with van der Waals surface area (Å²) in [4.78, 5) is 15.6. The molecular formula is C17H23N3O2. The van der Waals surface area contributed by atoms with Gasteiger partial charge in [0.25, 0.3) is 0 Å². The Morgan fingerprint density at radius 1 is 1.18 bits per heavy atom. The smallest absolute Gasteiger partial charge is 0.407 e. The fourth-order valence-corrected chi connectivity index (χ4v) is 2.04. The van der Waals surface area contributed by atoms with Gasteiger partial charge in [-0.05, 0) is 43.9 Å². The molecule has 0 atom stereocenters. The molecule has 1 aromatic carbocycles. The molecule has 2 rings (SSSR count). The number of fused-ring (bicyclic) bond motifs is 1. The summed E-state index contributed by atoms with van der Waals surface area (Å²) in [6.45, 7) is 7.52. The van der Waals surface area contributed by atoms with Gasteiger partial charge < -0.3 is 15.4 Å². The summed E-state index contributed by atoms with van der Waals surface area (Å²) >= 11 is 0. The molecule has 0 aliphatic heterocycles. The van der Waals surface area contributed by atoms with E-state index in [1.165, 1.54) is 10.9 Å². The van der Waals surface area contributed by atoms with Crippen LogP contribution in [0.2, 0.25) is 0 Å². The van der Waals surface area contributed by atoms with Gasteiger partial charge in [0.05, 0.1) is 0 Å². The van der Waals surface area contributed by atoms with Crippen LogP contribution in [0.1, 0.15) is 26.3 Å². The summed E-state index contributed by atoms with van der Waals surface area (Å²) in [5.74, 6) is 0. The zero-order chi connectivity index (χ0) is 16.0. The first-order chi connectivity index (χ1) is 10.4. The first-order valence-electron chi connectivity index (χ1n) is 7.44. The molecule has 0 bridgehead atoms. The molecular weight excluding hydrogens is 278 g/mol. The molecule has 0 saturated carbocycles. The second-order valence-corrected chi connectivity index (χ2v) is 6.16. The monoisotopic (exact) mass is 301 g/mol. The fraction of sp³-hybridized carbons (Fsp3) is 0.412. The number of pyridine rings is 1. The van der Waals surface area contributed by atoms with Crippen molar-refractivity contribution in [3.05, 3.63) is 42.2 Å². The fourth-order valence-electron chi connectivity index (χ4n) is 2.04. The van der Waals surface area contributed by atoms with Gasteiger partial charge in [-0.3, -0.25) is 4.98 Å². The number of rotatable bonds is 5. The van der Waals surface area contributed by atoms with Gasteiger partial charge in [-0.1, -0.05) is 12.1 Å². The van der Waals surface area contributed by atoms with E-state index in [0.717, 1.165) is 11.9 Å². The first-order valence-corrected chi connectivity index (χ1v) is 7.44. The van der Waals surface area contributed by atoms with E-state index >= 15 is 0 Å². The van der Waals surface area contributed by atoms with E-state index in [2.05, 4.69) is 33.8 Å². The number of alkyl carbamates (subject to hydrolysis) is 1. The number of hydrogen-bond donors (Lipinski definition) is 2. The molecule has 0 fully saturated rings. The van der Waals surface area contributed by atoms with Gasteiger partial charge in [0.2, 0.25) is 0 Å². The highest BCUT2D eigenvalue weighted by Gasteiger charge is 2.15. The molecule has 2 aromatic rings. The predicted octanol–water partition coefficient (Wildman–Crippen LogP) is 2.85. The predicted molar refractivity (Wildman–Crippen MR) is 87.7 cm³/mol. The number of benzene rings is 1. The second-order valence-electron chi connectivity index (χ2n) is 6.16. The zero-order valence-electron chi connectivity index (χ0n) is 13.3. The molecule has 0 aliphatic carbocycles. The third-order valence-corrected chi connectivity index (χ3v) is 3.00. The third kappa shape index (κ3) is 5.33. The van der Waals surface area contributed by atoms with Gasteiger partial charge in [-0.25, -0.2) is 4.79 Å². The van der Waals surface area contributed by atoms with Gasteiger partial charge in [-0.2, -0.15) is 0 Å². The summed E-state index contributed by atoms with van der Waals surface area (Å²) in [5, 5.41) is 8.34. The average Bonchev–Trinajstić information content (AvgIpc) is 2.45. The number of amides is 1. The van der Waals surface area contributed by atoms with Crippen LogP contribution in [0.25, 0.3) is 10.8 Å². The van der Waals surface area contributed by atoms with Crippen molar-refractivity contribution in [3.8, 4) is 0 Å². The Kier molecular flexibility index (Phi) is 5.33. The Hall–Kier alpha value is -2.14. The normalized spacial score (nSPS) is 11.4. The van der Waals surface area contributed by atoms with E-state index in [9.17, 15) is 4.79 Å². The molecule has 2 N–H and O–H groups in total. The van der Waals surface area contributed by atoms with E-state index in [4.69, 9.17) is 4.74 Å². The lowest BCUT2D eigenvalue weighted by Crippen LogP contribution is -2.36. The largest absolute Gasteiger partial charge is 0.444 e. The van der Waals surface area contributed by atoms with Crippen LogP contribution in [0, 0.1) is 0 Å². The number of nitrogens with zero attached hydrogens (tertiary/aromatic N) is 1. The molecule has 118 valence electrons. The second kappa shape index (κ2) is 7.22. The van der Waals surface area contributed by atoms with E-state index in [1.54, 1.807) is 6.20 Å². The van der Waals surface area contributed by atoms with Gasteiger partial charge in [0.15, 0.2) is 0 Å². The highest BCUT2D eigenvalue weighted by Crippen LogP contribution is 2.14. The summed E-state index contributed by atoms with van der Waals surface area (Å²) in [6.07, 6.45) is 3.27. The minimum absolute atomic E-state index is 0.382. The van der Waals surface area contributed by atoms with Crippen molar-refractivity contribution in [1.82, 2.24) is 15.6 Å². The maximum absolute atomic E-state index is 11.5. The zero-order valence-corrected chi connectivity index (χ0v) is 13.3. The molecule has 22 heavy (non-hydrogen) atoms. The lowest BCUT2D eigenvalue weighted by molar-refractivity contribution is 0.0528. The quantitative estimate of drug-likeness (QED) is 0.834. The Bertz CT molecular complexity index is 635. The first kappa shape index (κ1) is 16.2. The van der Waals surface area contributed by atoms with Crippen LogP contribution in [-0.2, 0) is 11.3 Å². The Morgan fingerprint density at radius 2 is 2.00 bits per heavy atom. The van der Waals surface area contributed by atoms with Crippen molar-refractivity contribution >= 4 is 16.9 Å². The van der Waals surface area contributed by atoms with Crippen molar-refractivity contribution < 1.29 is 9.53 Å². The molecule has 1 amide bonds. The van der Waals surface area contributed by atoms with E-state index in [0.29, 0.717) is 13.1 Å². The van der Waals surface area contributed by atoms with Crippen molar-refractivity contribution in [3.63, 3.8) is 0 Å². The molecule has 5 nitrogen and oxygen atoms in total. The number of hydrogen-bond acceptors (Lipinski definition) is 4. The number of nitrogens with one attached hydrogen (secondary N) is 2. The number of carbonyl (C=O) groups excluding carboxylic acids is 1.